The Labute approximate surface area is 260 Å². The van der Waals surface area contributed by atoms with E-state index in [-0.39, 0.29) is 71.7 Å². The molecule has 180 valence electrons. The Hall–Kier alpha value is -1.77. The second-order valence-corrected chi connectivity index (χ2v) is 9.03. The molecule has 0 fully saturated rings. The number of aliphatic carboxylic acids is 2. The summed E-state index contributed by atoms with van der Waals surface area (Å²) in [5, 5.41) is 24.7. The van der Waals surface area contributed by atoms with Crippen molar-refractivity contribution in [1.82, 2.24) is 0 Å². The van der Waals surface area contributed by atoms with Gasteiger partial charge >= 0.3 is 59.1 Å². The molecule has 0 amide bonds. The zero-order chi connectivity index (χ0) is 24.7. The van der Waals surface area contributed by atoms with Crippen LogP contribution < -0.4 is 93.6 Å². The van der Waals surface area contributed by atoms with Crippen molar-refractivity contribution in [3.8, 4) is 23.0 Å². The number of ether oxygens (including phenoxy) is 4. The van der Waals surface area contributed by atoms with Crippen molar-refractivity contribution in [2.45, 2.75) is 11.8 Å². The summed E-state index contributed by atoms with van der Waals surface area (Å²) in [6.07, 6.45) is 0. The summed E-state index contributed by atoms with van der Waals surface area (Å²) in [5.74, 6) is -3.06. The van der Waals surface area contributed by atoms with Crippen LogP contribution in [0.4, 0.5) is 0 Å². The van der Waals surface area contributed by atoms with Crippen molar-refractivity contribution in [3.63, 3.8) is 0 Å². The number of methoxy groups -OCH3 is 1. The van der Waals surface area contributed by atoms with E-state index < -0.39 is 36.3 Å². The topological polar surface area (TPSA) is 117 Å². The molecule has 0 bridgehead atoms. The number of carbonyl (C=O) groups is 2. The molecule has 0 spiro atoms. The second-order valence-electron chi connectivity index (χ2n) is 8.37. The molecule has 2 aliphatic rings. The monoisotopic (exact) mass is 538 g/mol. The molecule has 11 heteroatoms. The summed E-state index contributed by atoms with van der Waals surface area (Å²) in [6, 6.07) is 16.1. The van der Waals surface area contributed by atoms with Gasteiger partial charge in [-0.3, -0.25) is 0 Å². The number of benzene rings is 3. The molecule has 8 nitrogen and oxygen atoms in total. The smallest absolute Gasteiger partial charge is 0.550 e. The molecular weight excluding hydrogens is 517 g/mol. The van der Waals surface area contributed by atoms with Crippen molar-refractivity contribution in [3.05, 3.63) is 76.9 Å². The quantitative estimate of drug-likeness (QED) is 0.217. The number of carboxylic acid groups (broad SMARTS) is 2. The van der Waals surface area contributed by atoms with Crippen molar-refractivity contribution in [2.24, 2.45) is 5.92 Å². The third-order valence-electron chi connectivity index (χ3n) is 6.43. The number of hydrogen-bond donors (Lipinski definition) is 0. The average Bonchev–Trinajstić information content (AvgIpc) is 3.44. The summed E-state index contributed by atoms with van der Waals surface area (Å²) >= 11 is 0. The van der Waals surface area contributed by atoms with Crippen LogP contribution in [0.1, 0.15) is 34.1 Å². The van der Waals surface area contributed by atoms with E-state index in [1.165, 1.54) is 7.11 Å². The Balaban J connectivity index is 0.00000190. The molecule has 4 atom stereocenters. The fraction of sp³-hybridized carbons (Fsp3) is 0.231. The second kappa shape index (κ2) is 12.4. The molecule has 3 aromatic rings. The van der Waals surface area contributed by atoms with Gasteiger partial charge in [0.1, 0.15) is 18.1 Å². The minimum Gasteiger partial charge on any atom is -0.550 e. The summed E-state index contributed by atoms with van der Waals surface area (Å²) in [5.41, 5.74) is 2.88. The fourth-order valence-corrected chi connectivity index (χ4v) is 5.29. The van der Waals surface area contributed by atoms with Crippen LogP contribution in [0.3, 0.4) is 0 Å². The number of rotatable bonds is 7. The fourth-order valence-electron chi connectivity index (χ4n) is 5.01. The number of fused-ring (bicyclic) bond motifs is 2. The Kier molecular flexibility index (Phi) is 9.97. The van der Waals surface area contributed by atoms with Gasteiger partial charge in [0, 0.05) is 35.4 Å². The predicted molar refractivity (Wildman–Crippen MR) is 124 cm³/mol. The van der Waals surface area contributed by atoms with Gasteiger partial charge in [0.15, 0.2) is 11.5 Å². The number of carbonyl (C=O) groups excluding carboxylic acids is 2. The SMILES string of the molecule is COc1ccc([C@@H]2c3cc(P)ccc3[C@H](c3ccc4c(c3)OCO4)[C@H]2C(=O)[O-])c(OCC(=O)[O-])c1.[Na+].[Na+]. The Morgan fingerprint density at radius 2 is 1.65 bits per heavy atom. The van der Waals surface area contributed by atoms with Crippen LogP contribution in [0.25, 0.3) is 0 Å². The van der Waals surface area contributed by atoms with Crippen LogP contribution in [0.2, 0.25) is 0 Å². The third-order valence-corrected chi connectivity index (χ3v) is 6.79. The van der Waals surface area contributed by atoms with Gasteiger partial charge < -0.3 is 38.7 Å². The van der Waals surface area contributed by atoms with Crippen molar-refractivity contribution >= 4 is 26.5 Å². The number of hydrogen-bond acceptors (Lipinski definition) is 8. The molecule has 1 aliphatic heterocycles. The van der Waals surface area contributed by atoms with Gasteiger partial charge in [-0.1, -0.05) is 30.3 Å². The van der Waals surface area contributed by atoms with Crippen LogP contribution in [-0.4, -0.2) is 32.4 Å². The van der Waals surface area contributed by atoms with E-state index in [1.807, 2.05) is 24.3 Å². The Morgan fingerprint density at radius 3 is 2.35 bits per heavy atom. The molecule has 0 aromatic heterocycles. The van der Waals surface area contributed by atoms with E-state index in [4.69, 9.17) is 18.9 Å². The molecule has 1 unspecified atom stereocenters. The molecular formula is C26H21Na2O8P. The van der Waals surface area contributed by atoms with Crippen LogP contribution in [-0.2, 0) is 9.59 Å². The maximum absolute atomic E-state index is 12.7. The first-order valence-corrected chi connectivity index (χ1v) is 11.5. The van der Waals surface area contributed by atoms with Crippen molar-refractivity contribution < 1.29 is 97.9 Å². The van der Waals surface area contributed by atoms with Crippen LogP contribution in [0, 0.1) is 5.92 Å². The van der Waals surface area contributed by atoms with Crippen LogP contribution in [0.5, 0.6) is 23.0 Å². The molecule has 0 saturated carbocycles. The third kappa shape index (κ3) is 5.81. The molecule has 0 saturated heterocycles. The van der Waals surface area contributed by atoms with Gasteiger partial charge in [-0.15, -0.1) is 9.24 Å². The first-order chi connectivity index (χ1) is 16.9. The van der Waals surface area contributed by atoms with E-state index in [2.05, 4.69) is 9.24 Å². The van der Waals surface area contributed by atoms with E-state index >= 15 is 0 Å². The zero-order valence-electron chi connectivity index (χ0n) is 20.7. The molecule has 0 radical (unpaired) electrons. The Morgan fingerprint density at radius 1 is 0.919 bits per heavy atom. The Bertz CT molecular complexity index is 1330. The molecule has 37 heavy (non-hydrogen) atoms. The predicted octanol–water partition coefficient (Wildman–Crippen LogP) is -5.30. The van der Waals surface area contributed by atoms with Gasteiger partial charge in [0.05, 0.1) is 13.1 Å². The normalized spacial score (nSPS) is 18.7. The van der Waals surface area contributed by atoms with Gasteiger partial charge in [-0.05, 0) is 40.2 Å². The van der Waals surface area contributed by atoms with Crippen molar-refractivity contribution in [2.75, 3.05) is 20.5 Å². The van der Waals surface area contributed by atoms with Crippen LogP contribution in [0.15, 0.2) is 54.6 Å². The first-order valence-electron chi connectivity index (χ1n) is 10.9. The summed E-state index contributed by atoms with van der Waals surface area (Å²) in [7, 11) is 4.10. The summed E-state index contributed by atoms with van der Waals surface area (Å²) < 4.78 is 21.7. The molecule has 0 N–H and O–H groups in total. The van der Waals surface area contributed by atoms with Gasteiger partial charge in [0.2, 0.25) is 6.79 Å². The van der Waals surface area contributed by atoms with E-state index in [0.29, 0.717) is 22.8 Å². The molecule has 5 rings (SSSR count). The van der Waals surface area contributed by atoms with E-state index in [9.17, 15) is 19.8 Å². The van der Waals surface area contributed by atoms with Gasteiger partial charge in [0.25, 0.3) is 0 Å². The minimum atomic E-state index is -1.40. The van der Waals surface area contributed by atoms with E-state index in [1.54, 1.807) is 30.3 Å². The number of carboxylic acids is 2. The largest absolute Gasteiger partial charge is 1.00 e. The van der Waals surface area contributed by atoms with Crippen LogP contribution >= 0.6 is 9.24 Å². The first kappa shape index (κ1) is 29.8. The standard InChI is InChI=1S/C26H23O8P.2Na/c1-31-14-3-5-17(20(9-14)32-11-22(27)28)24-18-10-15(35)4-6-16(18)23(25(24)26(29)30)13-2-7-19-21(8-13)34-12-33-19;;/h2-10,23-25H,11-12,35H2,1H3,(H,27,28)(H,29,30);;/q;2*+1/p-2/t23-,24+,25+;;/m0../s1. The molecule has 3 aromatic carbocycles. The average molecular weight is 538 g/mol. The zero-order valence-corrected chi connectivity index (χ0v) is 25.8. The summed E-state index contributed by atoms with van der Waals surface area (Å²) in [4.78, 5) is 23.8. The van der Waals surface area contributed by atoms with Crippen molar-refractivity contribution in [1.29, 1.82) is 0 Å². The summed E-state index contributed by atoms with van der Waals surface area (Å²) in [6.45, 7) is -0.584. The maximum atomic E-state index is 12.7. The van der Waals surface area contributed by atoms with Gasteiger partial charge in [-0.2, -0.15) is 0 Å². The minimum absolute atomic E-state index is 0. The molecule has 1 heterocycles. The van der Waals surface area contributed by atoms with E-state index in [0.717, 1.165) is 22.0 Å². The molecule has 1 aliphatic carbocycles. The van der Waals surface area contributed by atoms with Gasteiger partial charge in [-0.25, -0.2) is 0 Å². The maximum Gasteiger partial charge on any atom is 1.00 e.